The standard InChI is InChI=1S/C9H19N3O2.HI/c1-9(2,3)14-7(13)6-12-8(10-4)11-5;/h6H2,1-5H3,(H2,10,11,12);1H. The van der Waals surface area contributed by atoms with E-state index in [4.69, 9.17) is 4.74 Å². The highest BCUT2D eigenvalue weighted by Gasteiger charge is 2.15. The maximum atomic E-state index is 11.2. The van der Waals surface area contributed by atoms with Gasteiger partial charge in [-0.15, -0.1) is 24.0 Å². The number of halogens is 1. The molecule has 15 heavy (non-hydrogen) atoms. The van der Waals surface area contributed by atoms with Crippen LogP contribution in [0.3, 0.4) is 0 Å². The van der Waals surface area contributed by atoms with E-state index in [0.29, 0.717) is 5.96 Å². The summed E-state index contributed by atoms with van der Waals surface area (Å²) in [6.45, 7) is 5.61. The van der Waals surface area contributed by atoms with Crippen LogP contribution in [0, 0.1) is 0 Å². The van der Waals surface area contributed by atoms with Gasteiger partial charge in [0.1, 0.15) is 12.1 Å². The third-order valence-electron chi connectivity index (χ3n) is 1.28. The summed E-state index contributed by atoms with van der Waals surface area (Å²) in [4.78, 5) is 15.1. The number of nitrogens with zero attached hydrogens (tertiary/aromatic N) is 1. The van der Waals surface area contributed by atoms with Crippen LogP contribution in [0.25, 0.3) is 0 Å². The summed E-state index contributed by atoms with van der Waals surface area (Å²) in [5, 5.41) is 5.61. The van der Waals surface area contributed by atoms with Gasteiger partial charge in [-0.25, -0.2) is 0 Å². The van der Waals surface area contributed by atoms with Crippen LogP contribution < -0.4 is 10.6 Å². The first-order valence-corrected chi connectivity index (χ1v) is 4.49. The molecule has 0 rings (SSSR count). The lowest BCUT2D eigenvalue weighted by atomic mass is 10.2. The molecule has 0 aromatic heterocycles. The Morgan fingerprint density at radius 3 is 2.27 bits per heavy atom. The molecule has 0 atom stereocenters. The predicted molar refractivity (Wildman–Crippen MR) is 71.7 cm³/mol. The number of esters is 1. The van der Waals surface area contributed by atoms with Crippen molar-refractivity contribution in [2.24, 2.45) is 4.99 Å². The molecule has 0 saturated heterocycles. The van der Waals surface area contributed by atoms with Crippen molar-refractivity contribution >= 4 is 35.9 Å². The maximum Gasteiger partial charge on any atom is 0.325 e. The van der Waals surface area contributed by atoms with Crippen molar-refractivity contribution in [1.29, 1.82) is 0 Å². The Balaban J connectivity index is 0. The largest absolute Gasteiger partial charge is 0.459 e. The van der Waals surface area contributed by atoms with Crippen LogP contribution >= 0.6 is 24.0 Å². The molecule has 0 amide bonds. The number of rotatable bonds is 2. The van der Waals surface area contributed by atoms with Crippen molar-refractivity contribution in [2.75, 3.05) is 20.6 Å². The lowest BCUT2D eigenvalue weighted by Gasteiger charge is -2.19. The van der Waals surface area contributed by atoms with Crippen LogP contribution in [0.15, 0.2) is 4.99 Å². The van der Waals surface area contributed by atoms with E-state index in [1.807, 2.05) is 20.8 Å². The second kappa shape index (κ2) is 7.72. The van der Waals surface area contributed by atoms with Gasteiger partial charge in [-0.1, -0.05) is 0 Å². The summed E-state index contributed by atoms with van der Waals surface area (Å²) >= 11 is 0. The van der Waals surface area contributed by atoms with Crippen LogP contribution in [-0.4, -0.2) is 38.2 Å². The lowest BCUT2D eigenvalue weighted by molar-refractivity contribution is -0.153. The van der Waals surface area contributed by atoms with Gasteiger partial charge in [0, 0.05) is 14.1 Å². The zero-order valence-electron chi connectivity index (χ0n) is 9.88. The Morgan fingerprint density at radius 2 is 1.93 bits per heavy atom. The van der Waals surface area contributed by atoms with E-state index in [-0.39, 0.29) is 36.5 Å². The second-order valence-corrected chi connectivity index (χ2v) is 3.76. The van der Waals surface area contributed by atoms with E-state index >= 15 is 0 Å². The predicted octanol–water partition coefficient (Wildman–Crippen LogP) is 0.741. The molecule has 0 aliphatic carbocycles. The molecule has 0 fully saturated rings. The zero-order valence-corrected chi connectivity index (χ0v) is 12.2. The Hall–Kier alpha value is -0.530. The number of hydrogen-bond acceptors (Lipinski definition) is 3. The quantitative estimate of drug-likeness (QED) is 0.340. The van der Waals surface area contributed by atoms with Crippen molar-refractivity contribution in [1.82, 2.24) is 10.6 Å². The molecular weight excluding hydrogens is 309 g/mol. The normalized spacial score (nSPS) is 11.4. The van der Waals surface area contributed by atoms with Crippen molar-refractivity contribution in [3.8, 4) is 0 Å². The number of hydrogen-bond donors (Lipinski definition) is 2. The SMILES string of the molecule is CN=C(NC)NCC(=O)OC(C)(C)C.I. The molecule has 0 aliphatic heterocycles. The number of guanidine groups is 1. The van der Waals surface area contributed by atoms with Crippen molar-refractivity contribution in [2.45, 2.75) is 26.4 Å². The number of aliphatic imine (C=N–C) groups is 1. The smallest absolute Gasteiger partial charge is 0.325 e. The minimum absolute atomic E-state index is 0. The monoisotopic (exact) mass is 329 g/mol. The molecule has 0 heterocycles. The molecule has 5 nitrogen and oxygen atoms in total. The molecule has 0 aliphatic rings. The first kappa shape index (κ1) is 16.9. The van der Waals surface area contributed by atoms with Crippen molar-refractivity contribution in [3.63, 3.8) is 0 Å². The van der Waals surface area contributed by atoms with E-state index in [9.17, 15) is 4.79 Å². The van der Waals surface area contributed by atoms with Crippen LogP contribution in [0.4, 0.5) is 0 Å². The molecule has 6 heteroatoms. The summed E-state index contributed by atoms with van der Waals surface area (Å²) in [6, 6.07) is 0. The highest BCUT2D eigenvalue weighted by molar-refractivity contribution is 14.0. The minimum atomic E-state index is -0.443. The third kappa shape index (κ3) is 9.77. The van der Waals surface area contributed by atoms with Gasteiger partial charge in [0.15, 0.2) is 5.96 Å². The van der Waals surface area contributed by atoms with Crippen LogP contribution in [-0.2, 0) is 9.53 Å². The van der Waals surface area contributed by atoms with E-state index in [0.717, 1.165) is 0 Å². The Labute approximate surface area is 108 Å². The highest BCUT2D eigenvalue weighted by Crippen LogP contribution is 2.05. The van der Waals surface area contributed by atoms with E-state index in [1.54, 1.807) is 14.1 Å². The van der Waals surface area contributed by atoms with E-state index < -0.39 is 5.60 Å². The fraction of sp³-hybridized carbons (Fsp3) is 0.778. The molecule has 90 valence electrons. The van der Waals surface area contributed by atoms with Crippen LogP contribution in [0.2, 0.25) is 0 Å². The van der Waals surface area contributed by atoms with Crippen molar-refractivity contribution in [3.05, 3.63) is 0 Å². The molecule has 0 spiro atoms. The first-order chi connectivity index (χ1) is 6.39. The number of nitrogens with one attached hydrogen (secondary N) is 2. The first-order valence-electron chi connectivity index (χ1n) is 4.49. The molecule has 0 unspecified atom stereocenters. The Morgan fingerprint density at radius 1 is 1.40 bits per heavy atom. The zero-order chi connectivity index (χ0) is 11.2. The second-order valence-electron chi connectivity index (χ2n) is 3.76. The van der Waals surface area contributed by atoms with Gasteiger partial charge in [-0.2, -0.15) is 0 Å². The fourth-order valence-corrected chi connectivity index (χ4v) is 0.813. The number of carbonyl (C=O) groups is 1. The maximum absolute atomic E-state index is 11.2. The van der Waals surface area contributed by atoms with E-state index in [2.05, 4.69) is 15.6 Å². The highest BCUT2D eigenvalue weighted by atomic mass is 127. The van der Waals surface area contributed by atoms with Gasteiger partial charge in [0.25, 0.3) is 0 Å². The van der Waals surface area contributed by atoms with Crippen molar-refractivity contribution < 1.29 is 9.53 Å². The molecule has 0 aromatic carbocycles. The lowest BCUT2D eigenvalue weighted by Crippen LogP contribution is -2.40. The topological polar surface area (TPSA) is 62.7 Å². The minimum Gasteiger partial charge on any atom is -0.459 e. The molecule has 2 N–H and O–H groups in total. The van der Waals surface area contributed by atoms with Gasteiger partial charge in [0.2, 0.25) is 0 Å². The van der Waals surface area contributed by atoms with Gasteiger partial charge >= 0.3 is 5.97 Å². The van der Waals surface area contributed by atoms with E-state index in [1.165, 1.54) is 0 Å². The molecule has 0 bridgehead atoms. The number of ether oxygens (including phenoxy) is 1. The van der Waals surface area contributed by atoms with Crippen LogP contribution in [0.5, 0.6) is 0 Å². The van der Waals surface area contributed by atoms with Gasteiger partial charge < -0.3 is 15.4 Å². The molecule has 0 aromatic rings. The molecule has 0 saturated carbocycles. The van der Waals surface area contributed by atoms with Gasteiger partial charge in [0.05, 0.1) is 0 Å². The Kier molecular flexibility index (Phi) is 8.69. The summed E-state index contributed by atoms with van der Waals surface area (Å²) in [5.74, 6) is 0.268. The van der Waals surface area contributed by atoms with Gasteiger partial charge in [-0.3, -0.25) is 9.79 Å². The summed E-state index contributed by atoms with van der Waals surface area (Å²) < 4.78 is 5.09. The average Bonchev–Trinajstić information content (AvgIpc) is 2.03. The van der Waals surface area contributed by atoms with Gasteiger partial charge in [-0.05, 0) is 20.8 Å². The summed E-state index contributed by atoms with van der Waals surface area (Å²) in [6.07, 6.45) is 0. The summed E-state index contributed by atoms with van der Waals surface area (Å²) in [5.41, 5.74) is -0.443. The summed E-state index contributed by atoms with van der Waals surface area (Å²) in [7, 11) is 3.36. The molecule has 0 radical (unpaired) electrons. The number of carbonyl (C=O) groups excluding carboxylic acids is 1. The molecular formula is C9H20IN3O2. The average molecular weight is 329 g/mol. The third-order valence-corrected chi connectivity index (χ3v) is 1.28. The fourth-order valence-electron chi connectivity index (χ4n) is 0.813. The Bertz CT molecular complexity index is 224. The van der Waals surface area contributed by atoms with Crippen LogP contribution in [0.1, 0.15) is 20.8 Å².